The Morgan fingerprint density at radius 2 is 1.92 bits per heavy atom. The summed E-state index contributed by atoms with van der Waals surface area (Å²) in [5.41, 5.74) is 1.15. The number of hydrogen-bond donors (Lipinski definition) is 2. The van der Waals surface area contributed by atoms with Gasteiger partial charge in [0.05, 0.1) is 40.9 Å². The molecule has 0 radical (unpaired) electrons. The maximum absolute atomic E-state index is 14.3. The van der Waals surface area contributed by atoms with Crippen molar-refractivity contribution in [2.24, 2.45) is 0 Å². The van der Waals surface area contributed by atoms with Crippen molar-refractivity contribution in [1.29, 1.82) is 0 Å². The van der Waals surface area contributed by atoms with Gasteiger partial charge in [-0.2, -0.15) is 13.2 Å². The molecule has 3 aromatic heterocycles. The van der Waals surface area contributed by atoms with E-state index >= 15 is 0 Å². The Kier molecular flexibility index (Phi) is 8.22. The summed E-state index contributed by atoms with van der Waals surface area (Å²) in [5, 5.41) is 12.7. The zero-order valence-electron chi connectivity index (χ0n) is 26.3. The van der Waals surface area contributed by atoms with Gasteiger partial charge in [0, 0.05) is 36.0 Å². The van der Waals surface area contributed by atoms with Crippen LogP contribution >= 0.6 is 11.6 Å². The van der Waals surface area contributed by atoms with Crippen LogP contribution in [0.4, 0.5) is 18.9 Å². The number of likely N-dealkylation sites (tertiary alicyclic amines) is 1. The lowest BCUT2D eigenvalue weighted by Gasteiger charge is -2.39. The molecule has 2 N–H and O–H groups in total. The minimum absolute atomic E-state index is 0.0168. The van der Waals surface area contributed by atoms with Crippen LogP contribution in [-0.2, 0) is 34.1 Å². The first kappa shape index (κ1) is 32.8. The van der Waals surface area contributed by atoms with Crippen molar-refractivity contribution in [3.63, 3.8) is 0 Å². The molecule has 12 nitrogen and oxygen atoms in total. The molecule has 1 aromatic carbocycles. The number of rotatable bonds is 5. The molecular weight excluding hydrogens is 667 g/mol. The number of carbonyl (C=O) groups is 2. The topological polar surface area (TPSA) is 144 Å². The second-order valence-corrected chi connectivity index (χ2v) is 12.9. The van der Waals surface area contributed by atoms with Gasteiger partial charge in [-0.15, -0.1) is 0 Å². The molecule has 7 rings (SSSR count). The molecule has 4 aromatic rings. The Bertz CT molecular complexity index is 2100. The van der Waals surface area contributed by atoms with Crippen LogP contribution in [-0.4, -0.2) is 72.0 Å². The molecule has 3 aliphatic rings. The average molecular weight is 698 g/mol. The van der Waals surface area contributed by atoms with E-state index < -0.39 is 29.0 Å². The summed E-state index contributed by atoms with van der Waals surface area (Å²) in [6.07, 6.45) is 2.80. The molecule has 0 saturated carbocycles. The molecule has 5 heterocycles. The van der Waals surface area contributed by atoms with Gasteiger partial charge in [-0.3, -0.25) is 18.8 Å². The smallest absolute Gasteiger partial charge is 0.416 e. The third kappa shape index (κ3) is 5.84. The van der Waals surface area contributed by atoms with E-state index in [9.17, 15) is 32.7 Å². The summed E-state index contributed by atoms with van der Waals surface area (Å²) < 4.78 is 48.1. The first-order chi connectivity index (χ1) is 23.4. The number of nitrogens with zero attached hydrogens (tertiary/aromatic N) is 6. The highest BCUT2D eigenvalue weighted by atomic mass is 35.5. The molecule has 0 bridgehead atoms. The highest BCUT2D eigenvalue weighted by molar-refractivity contribution is 6.33. The van der Waals surface area contributed by atoms with Crippen molar-refractivity contribution < 1.29 is 32.6 Å². The summed E-state index contributed by atoms with van der Waals surface area (Å²) >= 11 is 6.12. The van der Waals surface area contributed by atoms with E-state index in [1.165, 1.54) is 10.7 Å². The second kappa shape index (κ2) is 12.3. The average Bonchev–Trinajstić information content (AvgIpc) is 3.69. The number of aromatic nitrogens is 5. The summed E-state index contributed by atoms with van der Waals surface area (Å²) in [4.78, 5) is 55.4. The number of piperidine rings is 1. The van der Waals surface area contributed by atoms with E-state index in [0.29, 0.717) is 81.1 Å². The molecule has 2 amide bonds. The maximum atomic E-state index is 14.3. The molecule has 1 aliphatic carbocycles. The number of imidazole rings is 1. The Morgan fingerprint density at radius 1 is 1.14 bits per heavy atom. The number of alkyl halides is 3. The Balaban J connectivity index is 1.23. The van der Waals surface area contributed by atoms with Gasteiger partial charge >= 0.3 is 6.18 Å². The lowest BCUT2D eigenvalue weighted by molar-refractivity contribution is -0.137. The molecule has 0 atom stereocenters. The molecule has 49 heavy (non-hydrogen) atoms. The zero-order valence-corrected chi connectivity index (χ0v) is 27.1. The number of fused-ring (bicyclic) bond motifs is 3. The number of aryl methyl sites for hydroxylation is 1. The van der Waals surface area contributed by atoms with Crippen molar-refractivity contribution in [3.05, 3.63) is 86.1 Å². The molecule has 0 unspecified atom stereocenters. The van der Waals surface area contributed by atoms with E-state index in [4.69, 9.17) is 21.3 Å². The van der Waals surface area contributed by atoms with E-state index in [0.717, 1.165) is 23.8 Å². The third-order valence-corrected chi connectivity index (χ3v) is 10.0. The SMILES string of the molecule is Cc1ncnc(C(=O)N2CCC3(CCc4c3c(=O)n3cc(C5=CCOCC5)nc3n4CC(=O)Nc3ccc(C(F)(F)F)cc3Cl)CC2)c1O. The lowest BCUT2D eigenvalue weighted by atomic mass is 9.74. The van der Waals surface area contributed by atoms with Crippen LogP contribution in [0.25, 0.3) is 11.4 Å². The number of hydrogen-bond acceptors (Lipinski definition) is 8. The fourth-order valence-electron chi connectivity index (χ4n) is 7.10. The van der Waals surface area contributed by atoms with Crippen LogP contribution in [0.2, 0.25) is 5.02 Å². The molecule has 1 saturated heterocycles. The number of carbonyl (C=O) groups excluding carboxylic acids is 2. The summed E-state index contributed by atoms with van der Waals surface area (Å²) in [6, 6.07) is 2.70. The minimum Gasteiger partial charge on any atom is -0.504 e. The van der Waals surface area contributed by atoms with E-state index in [-0.39, 0.29) is 40.0 Å². The highest BCUT2D eigenvalue weighted by Gasteiger charge is 2.46. The first-order valence-electron chi connectivity index (χ1n) is 15.7. The predicted octanol–water partition coefficient (Wildman–Crippen LogP) is 4.53. The summed E-state index contributed by atoms with van der Waals surface area (Å²) in [5.74, 6) is -0.994. The van der Waals surface area contributed by atoms with Crippen LogP contribution in [0.15, 0.2) is 41.6 Å². The second-order valence-electron chi connectivity index (χ2n) is 12.5. The molecule has 256 valence electrons. The fourth-order valence-corrected chi connectivity index (χ4v) is 7.33. The van der Waals surface area contributed by atoms with Crippen LogP contribution in [0.1, 0.15) is 64.4 Å². The van der Waals surface area contributed by atoms with Gasteiger partial charge in [0.15, 0.2) is 11.4 Å². The van der Waals surface area contributed by atoms with Crippen molar-refractivity contribution in [1.82, 2.24) is 28.8 Å². The van der Waals surface area contributed by atoms with Gasteiger partial charge in [0.2, 0.25) is 11.7 Å². The molecule has 1 fully saturated rings. The number of halogens is 4. The summed E-state index contributed by atoms with van der Waals surface area (Å²) in [6.45, 7) is 2.83. The normalized spacial score (nSPS) is 17.3. The van der Waals surface area contributed by atoms with E-state index in [1.54, 1.807) is 22.6 Å². The minimum atomic E-state index is -4.59. The molecule has 2 aliphatic heterocycles. The molecular formula is C33H31ClF3N7O5. The van der Waals surface area contributed by atoms with Gasteiger partial charge < -0.3 is 24.6 Å². The van der Waals surface area contributed by atoms with Gasteiger partial charge in [0.25, 0.3) is 11.5 Å². The fraction of sp³-hybridized carbons (Fsp3) is 0.394. The van der Waals surface area contributed by atoms with Gasteiger partial charge in [-0.05, 0) is 62.8 Å². The van der Waals surface area contributed by atoms with Crippen LogP contribution < -0.4 is 10.9 Å². The monoisotopic (exact) mass is 697 g/mol. The standard InChI is InChI=1S/C33H31ClF3N7O5/c1-18-28(46)27(39-17-38-18)30(48)42-10-8-32(9-11-42)7-4-24-26(32)29(47)44-15-23(19-5-12-49-13-6-19)41-31(44)43(24)16-25(45)40-22-3-2-20(14-21(22)34)33(35,36)37/h2-3,5,14-15,17,46H,4,6-13,16H2,1H3,(H,40,45). The number of anilines is 1. The lowest BCUT2D eigenvalue weighted by Crippen LogP contribution is -2.46. The van der Waals surface area contributed by atoms with Crippen LogP contribution in [0.3, 0.4) is 0 Å². The first-order valence-corrected chi connectivity index (χ1v) is 16.1. The molecule has 16 heteroatoms. The Hall–Kier alpha value is -4.76. The predicted molar refractivity (Wildman–Crippen MR) is 172 cm³/mol. The van der Waals surface area contributed by atoms with E-state index in [1.807, 2.05) is 6.08 Å². The van der Waals surface area contributed by atoms with Crippen LogP contribution in [0, 0.1) is 6.92 Å². The third-order valence-electron chi connectivity index (χ3n) is 9.73. The van der Waals surface area contributed by atoms with E-state index in [2.05, 4.69) is 15.3 Å². The van der Waals surface area contributed by atoms with Crippen molar-refractivity contribution in [3.8, 4) is 5.75 Å². The largest absolute Gasteiger partial charge is 0.504 e. The number of benzene rings is 1. The summed E-state index contributed by atoms with van der Waals surface area (Å²) in [7, 11) is 0. The highest BCUT2D eigenvalue weighted by Crippen LogP contribution is 2.45. The Labute approximate surface area is 282 Å². The number of aromatic hydroxyl groups is 1. The van der Waals surface area contributed by atoms with Gasteiger partial charge in [-0.1, -0.05) is 17.7 Å². The number of amides is 2. The van der Waals surface area contributed by atoms with Crippen molar-refractivity contribution in [2.75, 3.05) is 31.6 Å². The number of nitrogens with one attached hydrogen (secondary N) is 1. The zero-order chi connectivity index (χ0) is 34.7. The molecule has 1 spiro atoms. The van der Waals surface area contributed by atoms with Gasteiger partial charge in [0.1, 0.15) is 12.9 Å². The van der Waals surface area contributed by atoms with Crippen LogP contribution in [0.5, 0.6) is 5.75 Å². The number of ether oxygens (including phenoxy) is 1. The maximum Gasteiger partial charge on any atom is 0.416 e. The quantitative estimate of drug-likeness (QED) is 0.310. The van der Waals surface area contributed by atoms with Crippen molar-refractivity contribution in [2.45, 2.75) is 57.2 Å². The van der Waals surface area contributed by atoms with Crippen molar-refractivity contribution >= 4 is 40.5 Å². The van der Waals surface area contributed by atoms with Gasteiger partial charge in [-0.25, -0.2) is 15.0 Å². The Morgan fingerprint density at radius 3 is 2.61 bits per heavy atom.